The topological polar surface area (TPSA) is 59.4 Å². The first-order chi connectivity index (χ1) is 17.5. The zero-order valence-electron chi connectivity index (χ0n) is 20.8. The third kappa shape index (κ3) is 4.35. The molecule has 6 nitrogen and oxygen atoms in total. The van der Waals surface area contributed by atoms with E-state index in [4.69, 9.17) is 17.0 Å². The molecule has 2 atom stereocenters. The number of esters is 1. The number of hydrogen-bond donors (Lipinski definition) is 1. The van der Waals surface area contributed by atoms with Gasteiger partial charge in [-0.25, -0.2) is 0 Å². The number of rotatable bonds is 7. The normalized spacial score (nSPS) is 17.4. The molecule has 0 radical (unpaired) electrons. The van der Waals surface area contributed by atoms with Crippen LogP contribution < -0.4 is 5.32 Å². The molecule has 2 aromatic heterocycles. The summed E-state index contributed by atoms with van der Waals surface area (Å²) >= 11 is 5.81. The molecule has 4 aromatic rings. The molecule has 1 N–H and O–H groups in total. The van der Waals surface area contributed by atoms with Gasteiger partial charge in [-0.05, 0) is 67.7 Å². The lowest BCUT2D eigenvalue weighted by molar-refractivity contribution is -0.140. The molecule has 2 aromatic carbocycles. The maximum atomic E-state index is 11.8. The number of carbonyl (C=O) groups excluding carboxylic acids is 1. The fourth-order valence-corrected chi connectivity index (χ4v) is 5.67. The number of thiocarbonyl (C=S) groups is 1. The van der Waals surface area contributed by atoms with E-state index in [9.17, 15) is 4.79 Å². The molecule has 0 unspecified atom stereocenters. The Morgan fingerprint density at radius 3 is 2.64 bits per heavy atom. The van der Waals surface area contributed by atoms with Crippen molar-refractivity contribution in [2.24, 2.45) is 0 Å². The van der Waals surface area contributed by atoms with E-state index >= 15 is 0 Å². The zero-order valence-corrected chi connectivity index (χ0v) is 21.6. The minimum Gasteiger partial charge on any atom is -0.469 e. The Morgan fingerprint density at radius 2 is 1.86 bits per heavy atom. The number of methoxy groups -OCH3 is 1. The number of benzene rings is 2. The monoisotopic (exact) mass is 498 g/mol. The Labute approximate surface area is 216 Å². The summed E-state index contributed by atoms with van der Waals surface area (Å²) < 4.78 is 7.18. The molecule has 5 rings (SSSR count). The predicted molar refractivity (Wildman–Crippen MR) is 146 cm³/mol. The van der Waals surface area contributed by atoms with Crippen LogP contribution in [0.2, 0.25) is 0 Å². The third-order valence-corrected chi connectivity index (χ3v) is 7.35. The second-order valence-electron chi connectivity index (χ2n) is 9.16. The summed E-state index contributed by atoms with van der Waals surface area (Å²) in [6, 6.07) is 23.0. The average molecular weight is 499 g/mol. The molecular weight excluding hydrogens is 468 g/mol. The van der Waals surface area contributed by atoms with Gasteiger partial charge >= 0.3 is 5.97 Å². The van der Waals surface area contributed by atoms with Crippen LogP contribution in [-0.2, 0) is 9.53 Å². The molecule has 36 heavy (non-hydrogen) atoms. The van der Waals surface area contributed by atoms with Crippen LogP contribution in [0.25, 0.3) is 16.5 Å². The minimum atomic E-state index is -0.208. The van der Waals surface area contributed by atoms with Crippen molar-refractivity contribution in [3.8, 4) is 5.69 Å². The number of aromatic nitrogens is 2. The van der Waals surface area contributed by atoms with Crippen molar-refractivity contribution in [3.63, 3.8) is 0 Å². The highest BCUT2D eigenvalue weighted by Gasteiger charge is 2.41. The minimum absolute atomic E-state index is 0.0556. The summed E-state index contributed by atoms with van der Waals surface area (Å²) in [6.45, 7) is 4.97. The van der Waals surface area contributed by atoms with E-state index in [2.05, 4.69) is 82.1 Å². The van der Waals surface area contributed by atoms with Gasteiger partial charge < -0.3 is 19.5 Å². The van der Waals surface area contributed by atoms with E-state index in [1.54, 1.807) is 0 Å². The van der Waals surface area contributed by atoms with Crippen LogP contribution in [-0.4, -0.2) is 39.2 Å². The van der Waals surface area contributed by atoms with Gasteiger partial charge in [0.15, 0.2) is 5.11 Å². The van der Waals surface area contributed by atoms with Crippen LogP contribution >= 0.6 is 12.2 Å². The molecule has 184 valence electrons. The summed E-state index contributed by atoms with van der Waals surface area (Å²) in [5.41, 5.74) is 5.62. The lowest BCUT2D eigenvalue weighted by Crippen LogP contribution is -2.31. The van der Waals surface area contributed by atoms with Gasteiger partial charge in [0.1, 0.15) is 0 Å². The van der Waals surface area contributed by atoms with E-state index in [1.807, 2.05) is 24.4 Å². The first kappa shape index (κ1) is 24.0. The Hall–Kier alpha value is -3.71. The number of hydrogen-bond acceptors (Lipinski definition) is 4. The molecule has 1 saturated heterocycles. The van der Waals surface area contributed by atoms with Crippen molar-refractivity contribution in [2.75, 3.05) is 13.7 Å². The highest BCUT2D eigenvalue weighted by atomic mass is 32.1. The number of nitrogens with one attached hydrogen (secondary N) is 1. The Kier molecular flexibility index (Phi) is 6.74. The predicted octanol–water partition coefficient (Wildman–Crippen LogP) is 5.57. The van der Waals surface area contributed by atoms with Crippen LogP contribution in [0.1, 0.15) is 47.6 Å². The number of ether oxygens (including phenoxy) is 1. The van der Waals surface area contributed by atoms with Gasteiger partial charge in [-0.3, -0.25) is 9.78 Å². The third-order valence-electron chi connectivity index (χ3n) is 7.00. The lowest BCUT2D eigenvalue weighted by atomic mass is 9.96. The molecule has 3 heterocycles. The van der Waals surface area contributed by atoms with Gasteiger partial charge in [0.05, 0.1) is 30.6 Å². The quantitative estimate of drug-likeness (QED) is 0.266. The van der Waals surface area contributed by atoms with Gasteiger partial charge in [0.25, 0.3) is 0 Å². The summed E-state index contributed by atoms with van der Waals surface area (Å²) in [7, 11) is 1.42. The molecule has 0 spiro atoms. The molecule has 1 aliphatic heterocycles. The maximum Gasteiger partial charge on any atom is 0.305 e. The summed E-state index contributed by atoms with van der Waals surface area (Å²) in [4.78, 5) is 18.6. The second-order valence-corrected chi connectivity index (χ2v) is 9.55. The van der Waals surface area contributed by atoms with Gasteiger partial charge in [0, 0.05) is 35.9 Å². The first-order valence-corrected chi connectivity index (χ1v) is 12.6. The molecular formula is C29H30N4O2S. The summed E-state index contributed by atoms with van der Waals surface area (Å²) in [5.74, 6) is -0.208. The molecule has 7 heteroatoms. The number of aryl methyl sites for hydroxylation is 1. The second kappa shape index (κ2) is 10.1. The largest absolute Gasteiger partial charge is 0.469 e. The van der Waals surface area contributed by atoms with E-state index in [-0.39, 0.29) is 18.1 Å². The van der Waals surface area contributed by atoms with Crippen molar-refractivity contribution in [1.82, 2.24) is 19.8 Å². The van der Waals surface area contributed by atoms with E-state index in [0.717, 1.165) is 17.1 Å². The van der Waals surface area contributed by atoms with Crippen LogP contribution in [0.15, 0.2) is 72.9 Å². The number of nitrogens with zero attached hydrogens (tertiary/aromatic N) is 3. The number of fused-ring (bicyclic) bond motifs is 1. The highest BCUT2D eigenvalue weighted by molar-refractivity contribution is 7.80. The van der Waals surface area contributed by atoms with Crippen molar-refractivity contribution in [3.05, 3.63) is 95.6 Å². The van der Waals surface area contributed by atoms with Crippen molar-refractivity contribution in [2.45, 2.75) is 38.8 Å². The standard InChI is InChI=1S/C29H30N4O2S/c1-19-18-23(20(2)33(19)25-14-8-11-21-10-4-5-12-22(21)25)28-27(24-13-6-7-16-30-24)31-29(36)32(28)17-9-15-26(34)35-3/h4-8,10-14,16,18,27-28H,9,15,17H2,1-3H3,(H,31,36)/t27-,28-/m1/s1. The van der Waals surface area contributed by atoms with E-state index in [1.165, 1.54) is 29.1 Å². The SMILES string of the molecule is COC(=O)CCCN1C(=S)N[C@H](c2ccccn2)[C@H]1c1cc(C)n(-c2cccc3ccccc23)c1C. The van der Waals surface area contributed by atoms with Gasteiger partial charge in [-0.1, -0.05) is 42.5 Å². The summed E-state index contributed by atoms with van der Waals surface area (Å²) in [6.07, 6.45) is 2.82. The molecule has 0 amide bonds. The zero-order chi connectivity index (χ0) is 25.2. The fraction of sp³-hybridized carbons (Fsp3) is 0.276. The van der Waals surface area contributed by atoms with Crippen LogP contribution in [0.4, 0.5) is 0 Å². The smallest absolute Gasteiger partial charge is 0.305 e. The molecule has 0 bridgehead atoms. The average Bonchev–Trinajstić information content (AvgIpc) is 3.38. The fourth-order valence-electron chi connectivity index (χ4n) is 5.34. The Bertz CT molecular complexity index is 1410. The van der Waals surface area contributed by atoms with Crippen molar-refractivity contribution < 1.29 is 9.53 Å². The van der Waals surface area contributed by atoms with Crippen LogP contribution in [0, 0.1) is 13.8 Å². The molecule has 0 aliphatic carbocycles. The molecule has 1 aliphatic rings. The van der Waals surface area contributed by atoms with Gasteiger partial charge in [-0.2, -0.15) is 0 Å². The maximum absolute atomic E-state index is 11.8. The number of carbonyl (C=O) groups is 1. The Morgan fingerprint density at radius 1 is 1.08 bits per heavy atom. The van der Waals surface area contributed by atoms with E-state index in [0.29, 0.717) is 24.5 Å². The number of pyridine rings is 1. The highest BCUT2D eigenvalue weighted by Crippen LogP contribution is 2.42. The van der Waals surface area contributed by atoms with Crippen LogP contribution in [0.3, 0.4) is 0 Å². The first-order valence-electron chi connectivity index (χ1n) is 12.2. The van der Waals surface area contributed by atoms with Gasteiger partial charge in [0.2, 0.25) is 0 Å². The lowest BCUT2D eigenvalue weighted by Gasteiger charge is -2.28. The molecule has 1 fully saturated rings. The Balaban J connectivity index is 1.59. The summed E-state index contributed by atoms with van der Waals surface area (Å²) in [5, 5.41) is 6.62. The molecule has 0 saturated carbocycles. The van der Waals surface area contributed by atoms with Gasteiger partial charge in [-0.15, -0.1) is 0 Å². The van der Waals surface area contributed by atoms with E-state index < -0.39 is 0 Å². The van der Waals surface area contributed by atoms with Crippen LogP contribution in [0.5, 0.6) is 0 Å². The van der Waals surface area contributed by atoms with Crippen molar-refractivity contribution >= 4 is 34.1 Å². The van der Waals surface area contributed by atoms with Crippen molar-refractivity contribution in [1.29, 1.82) is 0 Å².